The number of hydrogen-bond donors (Lipinski definition) is 2. The average molecular weight is 310 g/mol. The molecule has 0 spiro atoms. The van der Waals surface area contributed by atoms with Crippen LogP contribution in [0.25, 0.3) is 0 Å². The summed E-state index contributed by atoms with van der Waals surface area (Å²) in [6.45, 7) is 3.56. The number of hydrogen-bond acceptors (Lipinski definition) is 4. The Morgan fingerprint density at radius 3 is 2.90 bits per heavy atom. The summed E-state index contributed by atoms with van der Waals surface area (Å²) in [6.07, 6.45) is 2.63. The van der Waals surface area contributed by atoms with Crippen LogP contribution in [0.5, 0.6) is 0 Å². The molecule has 2 heterocycles. The van der Waals surface area contributed by atoms with Crippen molar-refractivity contribution in [2.45, 2.75) is 30.7 Å². The van der Waals surface area contributed by atoms with E-state index in [0.717, 1.165) is 56.7 Å². The van der Waals surface area contributed by atoms with E-state index in [2.05, 4.69) is 10.0 Å². The Kier molecular flexibility index (Phi) is 4.59. The third-order valence-electron chi connectivity index (χ3n) is 4.29. The Morgan fingerprint density at radius 2 is 2.10 bits per heavy atom. The lowest BCUT2D eigenvalue weighted by Crippen LogP contribution is -2.34. The summed E-state index contributed by atoms with van der Waals surface area (Å²) in [5.41, 5.74) is 2.06. The first-order chi connectivity index (χ1) is 10.2. The molecule has 5 nitrogen and oxygen atoms in total. The van der Waals surface area contributed by atoms with Gasteiger partial charge in [0.15, 0.2) is 0 Å². The molecule has 0 bridgehead atoms. The predicted molar refractivity (Wildman–Crippen MR) is 80.6 cm³/mol. The maximum absolute atomic E-state index is 12.6. The van der Waals surface area contributed by atoms with Gasteiger partial charge in [0.05, 0.1) is 4.90 Å². The Hall–Kier alpha value is -0.950. The summed E-state index contributed by atoms with van der Waals surface area (Å²) >= 11 is 0. The van der Waals surface area contributed by atoms with Gasteiger partial charge in [-0.15, -0.1) is 0 Å². The monoisotopic (exact) mass is 310 g/mol. The second kappa shape index (κ2) is 6.44. The van der Waals surface area contributed by atoms with Crippen LogP contribution in [0.1, 0.15) is 24.0 Å². The van der Waals surface area contributed by atoms with Crippen molar-refractivity contribution < 1.29 is 13.2 Å². The van der Waals surface area contributed by atoms with Crippen molar-refractivity contribution in [3.63, 3.8) is 0 Å². The molecule has 2 aliphatic rings. The quantitative estimate of drug-likeness (QED) is 0.872. The van der Waals surface area contributed by atoms with Crippen LogP contribution in [0.4, 0.5) is 0 Å². The molecule has 0 saturated carbocycles. The first-order valence-electron chi connectivity index (χ1n) is 7.56. The maximum Gasteiger partial charge on any atom is 0.240 e. The fourth-order valence-corrected chi connectivity index (χ4v) is 4.43. The molecule has 0 atom stereocenters. The van der Waals surface area contributed by atoms with E-state index in [1.54, 1.807) is 6.07 Å². The summed E-state index contributed by atoms with van der Waals surface area (Å²) in [7, 11) is -3.42. The molecule has 0 aliphatic carbocycles. The van der Waals surface area contributed by atoms with Crippen LogP contribution in [0.15, 0.2) is 23.1 Å². The van der Waals surface area contributed by atoms with Gasteiger partial charge >= 0.3 is 0 Å². The van der Waals surface area contributed by atoms with E-state index in [9.17, 15) is 8.42 Å². The van der Waals surface area contributed by atoms with E-state index >= 15 is 0 Å². The van der Waals surface area contributed by atoms with Crippen LogP contribution in [-0.2, 0) is 27.7 Å². The Bertz CT molecular complexity index is 595. The van der Waals surface area contributed by atoms with E-state index in [0.29, 0.717) is 17.4 Å². The molecule has 1 aromatic carbocycles. The van der Waals surface area contributed by atoms with Crippen LogP contribution in [-0.4, -0.2) is 34.7 Å². The summed E-state index contributed by atoms with van der Waals surface area (Å²) in [5, 5.41) is 3.27. The number of sulfonamides is 1. The molecule has 6 heteroatoms. The predicted octanol–water partition coefficient (Wildman–Crippen LogP) is 1.04. The number of fused-ring (bicyclic) bond motifs is 1. The standard InChI is InChI=1S/C15H22N2O3S/c18-21(19,17-10-12-5-8-20-9-6-12)15-3-1-2-13-11-16-7-4-14(13)15/h1-3,12,16-17H,4-11H2. The van der Waals surface area contributed by atoms with E-state index in [1.807, 2.05) is 12.1 Å². The van der Waals surface area contributed by atoms with Crippen molar-refractivity contribution in [2.75, 3.05) is 26.3 Å². The van der Waals surface area contributed by atoms with E-state index < -0.39 is 10.0 Å². The minimum Gasteiger partial charge on any atom is -0.381 e. The molecule has 2 aliphatic heterocycles. The third kappa shape index (κ3) is 3.45. The highest BCUT2D eigenvalue weighted by Crippen LogP contribution is 2.23. The molecule has 3 rings (SSSR count). The van der Waals surface area contributed by atoms with Gasteiger partial charge in [-0.05, 0) is 48.9 Å². The third-order valence-corrected chi connectivity index (χ3v) is 5.80. The second-order valence-electron chi connectivity index (χ2n) is 5.73. The van der Waals surface area contributed by atoms with Crippen LogP contribution in [0.2, 0.25) is 0 Å². The lowest BCUT2D eigenvalue weighted by atomic mass is 10.0. The topological polar surface area (TPSA) is 67.4 Å². The molecular weight excluding hydrogens is 288 g/mol. The molecular formula is C15H22N2O3S. The summed E-state index contributed by atoms with van der Waals surface area (Å²) in [4.78, 5) is 0.452. The minimum atomic E-state index is -3.42. The van der Waals surface area contributed by atoms with Crippen LogP contribution < -0.4 is 10.0 Å². The first-order valence-corrected chi connectivity index (χ1v) is 9.04. The zero-order valence-electron chi connectivity index (χ0n) is 12.1. The lowest BCUT2D eigenvalue weighted by molar-refractivity contribution is 0.0678. The molecule has 0 amide bonds. The van der Waals surface area contributed by atoms with Gasteiger partial charge in [-0.1, -0.05) is 12.1 Å². The van der Waals surface area contributed by atoms with Crippen LogP contribution >= 0.6 is 0 Å². The summed E-state index contributed by atoms with van der Waals surface area (Å²) in [6, 6.07) is 5.55. The van der Waals surface area contributed by atoms with Crippen molar-refractivity contribution in [3.8, 4) is 0 Å². The van der Waals surface area contributed by atoms with Gasteiger partial charge in [-0.25, -0.2) is 13.1 Å². The molecule has 0 unspecified atom stereocenters. The van der Waals surface area contributed by atoms with Crippen LogP contribution in [0, 0.1) is 5.92 Å². The molecule has 0 aromatic heterocycles. The van der Waals surface area contributed by atoms with Crippen LogP contribution in [0.3, 0.4) is 0 Å². The maximum atomic E-state index is 12.6. The van der Waals surface area contributed by atoms with Gasteiger partial charge in [0.1, 0.15) is 0 Å². The molecule has 116 valence electrons. The summed E-state index contributed by atoms with van der Waals surface area (Å²) < 4.78 is 33.3. The highest BCUT2D eigenvalue weighted by Gasteiger charge is 2.23. The zero-order chi connectivity index (χ0) is 14.7. The first kappa shape index (κ1) is 15.0. The van der Waals surface area contributed by atoms with E-state index in [1.165, 1.54) is 0 Å². The van der Waals surface area contributed by atoms with Gasteiger partial charge in [-0.2, -0.15) is 0 Å². The van der Waals surface area contributed by atoms with Gasteiger partial charge in [0, 0.05) is 26.3 Å². The number of benzene rings is 1. The average Bonchev–Trinajstić information content (AvgIpc) is 2.53. The van der Waals surface area contributed by atoms with E-state index in [4.69, 9.17) is 4.74 Å². The fourth-order valence-electron chi connectivity index (χ4n) is 3.00. The van der Waals surface area contributed by atoms with E-state index in [-0.39, 0.29) is 0 Å². The Balaban J connectivity index is 1.75. The van der Waals surface area contributed by atoms with Crippen molar-refractivity contribution in [2.24, 2.45) is 5.92 Å². The van der Waals surface area contributed by atoms with Gasteiger partial charge in [0.2, 0.25) is 10.0 Å². The number of ether oxygens (including phenoxy) is 1. The lowest BCUT2D eigenvalue weighted by Gasteiger charge is -2.23. The number of rotatable bonds is 4. The Labute approximate surface area is 126 Å². The molecule has 0 radical (unpaired) electrons. The van der Waals surface area contributed by atoms with Crippen molar-refractivity contribution in [1.29, 1.82) is 0 Å². The van der Waals surface area contributed by atoms with Crippen molar-refractivity contribution in [1.82, 2.24) is 10.0 Å². The molecule has 1 saturated heterocycles. The van der Waals surface area contributed by atoms with Gasteiger partial charge in [0.25, 0.3) is 0 Å². The molecule has 1 aromatic rings. The smallest absolute Gasteiger partial charge is 0.240 e. The molecule has 21 heavy (non-hydrogen) atoms. The highest BCUT2D eigenvalue weighted by molar-refractivity contribution is 7.89. The molecule has 2 N–H and O–H groups in total. The van der Waals surface area contributed by atoms with Gasteiger partial charge < -0.3 is 10.1 Å². The number of nitrogens with one attached hydrogen (secondary N) is 2. The van der Waals surface area contributed by atoms with Crippen molar-refractivity contribution in [3.05, 3.63) is 29.3 Å². The normalized spacial score (nSPS) is 20.2. The Morgan fingerprint density at radius 1 is 1.29 bits per heavy atom. The minimum absolute atomic E-state index is 0.384. The van der Waals surface area contributed by atoms with Gasteiger partial charge in [-0.3, -0.25) is 0 Å². The second-order valence-corrected chi connectivity index (χ2v) is 7.46. The zero-order valence-corrected chi connectivity index (χ0v) is 12.9. The molecule has 1 fully saturated rings. The SMILES string of the molecule is O=S(=O)(NCC1CCOCC1)c1cccc2c1CCNC2. The largest absolute Gasteiger partial charge is 0.381 e. The highest BCUT2D eigenvalue weighted by atomic mass is 32.2. The summed E-state index contributed by atoms with van der Waals surface area (Å²) in [5.74, 6) is 0.384. The van der Waals surface area contributed by atoms with Crippen molar-refractivity contribution >= 4 is 10.0 Å². The fraction of sp³-hybridized carbons (Fsp3) is 0.600.